The summed E-state index contributed by atoms with van der Waals surface area (Å²) in [5.41, 5.74) is 0.185. The zero-order chi connectivity index (χ0) is 14.3. The predicted molar refractivity (Wildman–Crippen MR) is 71.2 cm³/mol. The Bertz CT molecular complexity index is 692. The molecule has 1 N–H and O–H groups in total. The van der Waals surface area contributed by atoms with Crippen molar-refractivity contribution in [1.29, 1.82) is 0 Å². The van der Waals surface area contributed by atoms with Gasteiger partial charge in [0, 0.05) is 19.3 Å². The summed E-state index contributed by atoms with van der Waals surface area (Å²) >= 11 is 0. The molecule has 0 radical (unpaired) electrons. The monoisotopic (exact) mass is 277 g/mol. The van der Waals surface area contributed by atoms with Crippen LogP contribution in [0.1, 0.15) is 6.42 Å². The van der Waals surface area contributed by atoms with E-state index in [4.69, 9.17) is 0 Å². The fraction of sp³-hybridized carbons (Fsp3) is 0.308. The molecule has 7 heteroatoms. The second-order valence-electron chi connectivity index (χ2n) is 4.77. The fourth-order valence-corrected chi connectivity index (χ4v) is 2.58. The lowest BCUT2D eigenvalue weighted by molar-refractivity contribution is -0.383. The Balaban J connectivity index is 2.25. The van der Waals surface area contributed by atoms with Crippen molar-refractivity contribution < 1.29 is 14.4 Å². The highest BCUT2D eigenvalue weighted by Crippen LogP contribution is 2.36. The molecule has 0 saturated carbocycles. The maximum absolute atomic E-state index is 14.3. The number of fused-ring (bicyclic) bond motifs is 1. The number of hydrogen-bond donors (Lipinski definition) is 1. The van der Waals surface area contributed by atoms with Gasteiger partial charge in [0.1, 0.15) is 11.2 Å². The number of rotatable bonds is 2. The van der Waals surface area contributed by atoms with Gasteiger partial charge in [0.25, 0.3) is 5.69 Å². The lowest BCUT2D eigenvalue weighted by Crippen LogP contribution is -2.23. The molecule has 3 rings (SSSR count). The van der Waals surface area contributed by atoms with Crippen LogP contribution in [0.15, 0.2) is 24.4 Å². The van der Waals surface area contributed by atoms with Crippen LogP contribution in [-0.4, -0.2) is 34.2 Å². The lowest BCUT2D eigenvalue weighted by atomic mass is 10.1. The molecule has 1 saturated heterocycles. The molecular weight excluding hydrogens is 265 g/mol. The Kier molecular flexibility index (Phi) is 2.98. The number of aromatic nitrogens is 1. The second kappa shape index (κ2) is 4.68. The lowest BCUT2D eigenvalue weighted by Gasteiger charge is -2.20. The van der Waals surface area contributed by atoms with Gasteiger partial charge in [-0.25, -0.2) is 4.39 Å². The van der Waals surface area contributed by atoms with Crippen molar-refractivity contribution in [2.75, 3.05) is 18.0 Å². The van der Waals surface area contributed by atoms with Crippen molar-refractivity contribution in [3.8, 4) is 0 Å². The first-order chi connectivity index (χ1) is 9.58. The molecule has 1 fully saturated rings. The van der Waals surface area contributed by atoms with Crippen molar-refractivity contribution in [3.63, 3.8) is 0 Å². The van der Waals surface area contributed by atoms with Gasteiger partial charge in [-0.2, -0.15) is 0 Å². The third kappa shape index (κ3) is 1.96. The number of hydrogen-bond acceptors (Lipinski definition) is 5. The van der Waals surface area contributed by atoms with Gasteiger partial charge in [0.2, 0.25) is 0 Å². The van der Waals surface area contributed by atoms with E-state index in [1.165, 1.54) is 6.20 Å². The molecular formula is C13H12FN3O3. The second-order valence-corrected chi connectivity index (χ2v) is 4.77. The minimum Gasteiger partial charge on any atom is -0.391 e. The molecule has 1 aliphatic heterocycles. The summed E-state index contributed by atoms with van der Waals surface area (Å²) < 4.78 is 14.3. The number of nitro benzene ring substituents is 1. The van der Waals surface area contributed by atoms with Crippen LogP contribution in [0, 0.1) is 15.9 Å². The van der Waals surface area contributed by atoms with Crippen LogP contribution in [0.2, 0.25) is 0 Å². The van der Waals surface area contributed by atoms with Crippen LogP contribution < -0.4 is 4.90 Å². The summed E-state index contributed by atoms with van der Waals surface area (Å²) in [6.45, 7) is 0.808. The van der Waals surface area contributed by atoms with Crippen LogP contribution >= 0.6 is 0 Å². The molecule has 1 aromatic carbocycles. The summed E-state index contributed by atoms with van der Waals surface area (Å²) in [6, 6.07) is 4.05. The van der Waals surface area contributed by atoms with E-state index >= 15 is 0 Å². The summed E-state index contributed by atoms with van der Waals surface area (Å²) in [7, 11) is 0. The van der Waals surface area contributed by atoms with Crippen molar-refractivity contribution in [1.82, 2.24) is 4.98 Å². The van der Waals surface area contributed by atoms with E-state index in [0.29, 0.717) is 24.9 Å². The topological polar surface area (TPSA) is 79.5 Å². The van der Waals surface area contributed by atoms with E-state index in [1.54, 1.807) is 17.0 Å². The molecule has 104 valence electrons. The van der Waals surface area contributed by atoms with E-state index in [1.807, 2.05) is 0 Å². The minimum atomic E-state index is -0.683. The zero-order valence-corrected chi connectivity index (χ0v) is 10.5. The Hall–Kier alpha value is -2.28. The average molecular weight is 277 g/mol. The number of anilines is 1. The summed E-state index contributed by atoms with van der Waals surface area (Å²) in [5, 5.41) is 20.9. The van der Waals surface area contributed by atoms with E-state index < -0.39 is 16.8 Å². The number of nitro groups is 1. The Morgan fingerprint density at radius 1 is 1.55 bits per heavy atom. The first kappa shape index (κ1) is 12.7. The fourth-order valence-electron chi connectivity index (χ4n) is 2.58. The van der Waals surface area contributed by atoms with Gasteiger partial charge in [-0.05, 0) is 18.6 Å². The highest BCUT2D eigenvalue weighted by molar-refractivity contribution is 5.97. The van der Waals surface area contributed by atoms with E-state index in [-0.39, 0.29) is 16.9 Å². The average Bonchev–Trinajstić information content (AvgIpc) is 2.83. The zero-order valence-electron chi connectivity index (χ0n) is 10.5. The molecule has 2 aromatic rings. The van der Waals surface area contributed by atoms with Gasteiger partial charge in [-0.3, -0.25) is 15.1 Å². The molecule has 0 aliphatic carbocycles. The van der Waals surface area contributed by atoms with Crippen LogP contribution in [0.5, 0.6) is 0 Å². The normalized spacial score (nSPS) is 18.7. The highest BCUT2D eigenvalue weighted by Gasteiger charge is 2.28. The van der Waals surface area contributed by atoms with E-state index in [2.05, 4.69) is 4.98 Å². The molecule has 0 spiro atoms. The largest absolute Gasteiger partial charge is 0.391 e. The number of benzene rings is 1. The Morgan fingerprint density at radius 2 is 2.35 bits per heavy atom. The van der Waals surface area contributed by atoms with E-state index in [9.17, 15) is 19.6 Å². The molecule has 0 amide bonds. The number of pyridine rings is 1. The third-order valence-corrected chi connectivity index (χ3v) is 3.47. The smallest absolute Gasteiger partial charge is 0.281 e. The van der Waals surface area contributed by atoms with Gasteiger partial charge in [0.05, 0.1) is 22.5 Å². The van der Waals surface area contributed by atoms with Gasteiger partial charge >= 0.3 is 0 Å². The molecule has 1 aliphatic rings. The predicted octanol–water partition coefficient (Wildman–Crippen LogP) is 1.85. The Morgan fingerprint density at radius 3 is 3.00 bits per heavy atom. The van der Waals surface area contributed by atoms with Crippen LogP contribution in [-0.2, 0) is 0 Å². The van der Waals surface area contributed by atoms with Crippen molar-refractivity contribution in [2.45, 2.75) is 12.5 Å². The van der Waals surface area contributed by atoms with Gasteiger partial charge in [-0.1, -0.05) is 0 Å². The number of β-amino-alcohol motifs (C(OH)–C–C–N with tert-alkyl or cyclic N) is 1. The van der Waals surface area contributed by atoms with Crippen molar-refractivity contribution >= 4 is 22.3 Å². The van der Waals surface area contributed by atoms with Gasteiger partial charge in [-0.15, -0.1) is 0 Å². The van der Waals surface area contributed by atoms with Gasteiger partial charge in [0.15, 0.2) is 5.82 Å². The number of non-ortho nitro benzene ring substituents is 1. The summed E-state index contributed by atoms with van der Waals surface area (Å²) in [5.74, 6) is -0.683. The summed E-state index contributed by atoms with van der Waals surface area (Å²) in [6.07, 6.45) is 1.51. The van der Waals surface area contributed by atoms with Crippen LogP contribution in [0.25, 0.3) is 10.9 Å². The minimum absolute atomic E-state index is 0.225. The molecule has 1 atom stereocenters. The number of halogens is 1. The Labute approximate surface area is 113 Å². The number of aliphatic hydroxyl groups excluding tert-OH is 1. The maximum atomic E-state index is 14.3. The SMILES string of the molecule is O=[N+]([O-])c1cc(F)c(N2CC[C@H](O)C2)c2ncccc12. The molecule has 6 nitrogen and oxygen atoms in total. The maximum Gasteiger partial charge on any atom is 0.281 e. The molecule has 20 heavy (non-hydrogen) atoms. The standard InChI is InChI=1S/C13H12FN3O3/c14-10-6-11(17(19)20)9-2-1-4-15-12(9)13(10)16-5-3-8(18)7-16/h1-2,4,6,8,18H,3,5,7H2/t8-/m0/s1. The van der Waals surface area contributed by atoms with Crippen molar-refractivity contribution in [3.05, 3.63) is 40.3 Å². The third-order valence-electron chi connectivity index (χ3n) is 3.47. The van der Waals surface area contributed by atoms with Gasteiger partial charge < -0.3 is 10.0 Å². The van der Waals surface area contributed by atoms with Crippen LogP contribution in [0.3, 0.4) is 0 Å². The first-order valence-corrected chi connectivity index (χ1v) is 6.22. The quantitative estimate of drug-likeness (QED) is 0.669. The number of nitrogens with zero attached hydrogens (tertiary/aromatic N) is 3. The highest BCUT2D eigenvalue weighted by atomic mass is 19.1. The van der Waals surface area contributed by atoms with Crippen LogP contribution in [0.4, 0.5) is 15.8 Å². The molecule has 1 aromatic heterocycles. The molecule has 2 heterocycles. The van der Waals surface area contributed by atoms with Crippen molar-refractivity contribution in [2.24, 2.45) is 0 Å². The molecule has 0 bridgehead atoms. The first-order valence-electron chi connectivity index (χ1n) is 6.22. The van der Waals surface area contributed by atoms with E-state index in [0.717, 1.165) is 6.07 Å². The number of aliphatic hydroxyl groups is 1. The summed E-state index contributed by atoms with van der Waals surface area (Å²) in [4.78, 5) is 16.2. The molecule has 0 unspecified atom stereocenters.